The van der Waals surface area contributed by atoms with Gasteiger partial charge in [0, 0.05) is 18.3 Å². The zero-order valence-corrected chi connectivity index (χ0v) is 7.75. The highest BCUT2D eigenvalue weighted by Gasteiger charge is 2.06. The Morgan fingerprint density at radius 3 is 2.60 bits per heavy atom. The first kappa shape index (κ1) is 7.85. The molecule has 0 atom stereocenters. The Hall–Kier alpha value is -0.253. The van der Waals surface area contributed by atoms with Crippen molar-refractivity contribution in [2.24, 2.45) is 0 Å². The predicted octanol–water partition coefficient (Wildman–Crippen LogP) is 0.958. The Kier molecular flexibility index (Phi) is 3.57. The molecule has 1 aromatic carbocycles. The Bertz CT molecular complexity index is 178. The predicted molar refractivity (Wildman–Crippen MR) is 47.8 cm³/mol. The van der Waals surface area contributed by atoms with E-state index in [2.05, 4.69) is 12.1 Å². The van der Waals surface area contributed by atoms with Gasteiger partial charge in [-0.2, -0.15) is 3.87 Å². The topological polar surface area (TPSA) is 9.23 Å². The van der Waals surface area contributed by atoms with E-state index in [9.17, 15) is 0 Å². The molecule has 0 aliphatic carbocycles. The first-order chi connectivity index (χ1) is 4.93. The van der Waals surface area contributed by atoms with Crippen LogP contribution in [0.25, 0.3) is 0 Å². The third kappa shape index (κ3) is 2.56. The SMILES string of the molecule is CSO[SiH+]c1ccccc1. The molecule has 0 saturated carbocycles. The van der Waals surface area contributed by atoms with Gasteiger partial charge >= 0.3 is 9.76 Å². The maximum Gasteiger partial charge on any atom is 0.517 e. The minimum atomic E-state index is 0.00949. The summed E-state index contributed by atoms with van der Waals surface area (Å²) < 4.78 is 5.22. The summed E-state index contributed by atoms with van der Waals surface area (Å²) in [5.74, 6) is 0. The van der Waals surface area contributed by atoms with Crippen molar-refractivity contribution < 1.29 is 3.87 Å². The molecule has 0 N–H and O–H groups in total. The first-order valence-corrected chi connectivity index (χ1v) is 5.21. The van der Waals surface area contributed by atoms with Crippen LogP contribution in [0.15, 0.2) is 30.3 Å². The van der Waals surface area contributed by atoms with Gasteiger partial charge in [-0.1, -0.05) is 18.2 Å². The second-order valence-electron chi connectivity index (χ2n) is 1.79. The van der Waals surface area contributed by atoms with Crippen LogP contribution in [0.3, 0.4) is 0 Å². The zero-order chi connectivity index (χ0) is 7.23. The molecule has 1 nitrogen and oxygen atoms in total. The third-order valence-corrected chi connectivity index (χ3v) is 2.89. The smallest absolute Gasteiger partial charge is 0.162 e. The molecule has 10 heavy (non-hydrogen) atoms. The number of rotatable bonds is 3. The van der Waals surface area contributed by atoms with E-state index in [1.165, 1.54) is 17.2 Å². The summed E-state index contributed by atoms with van der Waals surface area (Å²) in [5.41, 5.74) is 0. The van der Waals surface area contributed by atoms with E-state index in [-0.39, 0.29) is 9.76 Å². The standard InChI is InChI=1S/C7H9OSSi/c1-9-8-10-7-5-3-2-4-6-7/h2-6,10H,1H3/q+1. The van der Waals surface area contributed by atoms with E-state index in [1.807, 2.05) is 24.5 Å². The molecule has 52 valence electrons. The van der Waals surface area contributed by atoms with Gasteiger partial charge in [0.25, 0.3) is 0 Å². The zero-order valence-electron chi connectivity index (χ0n) is 5.78. The largest absolute Gasteiger partial charge is 0.517 e. The van der Waals surface area contributed by atoms with Crippen LogP contribution in [0.1, 0.15) is 0 Å². The molecule has 1 rings (SSSR count). The van der Waals surface area contributed by atoms with Crippen molar-refractivity contribution >= 4 is 27.0 Å². The molecule has 0 aliphatic heterocycles. The highest BCUT2D eigenvalue weighted by molar-refractivity contribution is 7.94. The van der Waals surface area contributed by atoms with Crippen molar-refractivity contribution in [2.45, 2.75) is 0 Å². The first-order valence-electron chi connectivity index (χ1n) is 3.01. The fourth-order valence-corrected chi connectivity index (χ4v) is 1.84. The van der Waals surface area contributed by atoms with Crippen LogP contribution in [-0.2, 0) is 3.87 Å². The van der Waals surface area contributed by atoms with Gasteiger partial charge in [-0.25, -0.2) is 0 Å². The molecule has 0 heterocycles. The lowest BCUT2D eigenvalue weighted by Crippen LogP contribution is -2.13. The van der Waals surface area contributed by atoms with Gasteiger partial charge in [0.2, 0.25) is 0 Å². The third-order valence-electron chi connectivity index (χ3n) is 1.08. The molecule has 0 spiro atoms. The molecule has 0 saturated heterocycles. The second-order valence-corrected chi connectivity index (χ2v) is 3.80. The van der Waals surface area contributed by atoms with Crippen LogP contribution in [0.4, 0.5) is 0 Å². The summed E-state index contributed by atoms with van der Waals surface area (Å²) in [5, 5.41) is 1.30. The maximum atomic E-state index is 5.22. The summed E-state index contributed by atoms with van der Waals surface area (Å²) >= 11 is 1.43. The number of hydrogen-bond donors (Lipinski definition) is 0. The van der Waals surface area contributed by atoms with E-state index in [4.69, 9.17) is 3.87 Å². The number of benzene rings is 1. The van der Waals surface area contributed by atoms with Gasteiger partial charge in [-0.3, -0.25) is 0 Å². The van der Waals surface area contributed by atoms with E-state index >= 15 is 0 Å². The van der Waals surface area contributed by atoms with Gasteiger partial charge in [-0.05, 0) is 12.1 Å². The molecule has 1 aromatic rings. The molecule has 0 bridgehead atoms. The molecule has 0 fully saturated rings. The van der Waals surface area contributed by atoms with E-state index in [0.717, 1.165) is 0 Å². The average molecular weight is 169 g/mol. The molecule has 0 amide bonds. The van der Waals surface area contributed by atoms with Crippen molar-refractivity contribution in [3.8, 4) is 0 Å². The van der Waals surface area contributed by atoms with E-state index in [0.29, 0.717) is 0 Å². The summed E-state index contributed by atoms with van der Waals surface area (Å²) in [6, 6.07) is 10.3. The Labute approximate surface area is 67.9 Å². The Balaban J connectivity index is 2.43. The number of hydrogen-bond acceptors (Lipinski definition) is 2. The molecule has 0 aromatic heterocycles. The summed E-state index contributed by atoms with van der Waals surface area (Å²) in [6.07, 6.45) is 1.94. The van der Waals surface area contributed by atoms with E-state index < -0.39 is 0 Å². The lowest BCUT2D eigenvalue weighted by Gasteiger charge is -1.83. The van der Waals surface area contributed by atoms with Gasteiger partial charge in [0.15, 0.2) is 0 Å². The molecule has 0 aliphatic rings. The van der Waals surface area contributed by atoms with Gasteiger partial charge in [-0.15, -0.1) is 0 Å². The fourth-order valence-electron chi connectivity index (χ4n) is 0.635. The summed E-state index contributed by atoms with van der Waals surface area (Å²) in [7, 11) is 0.00949. The van der Waals surface area contributed by atoms with Crippen LogP contribution in [-0.4, -0.2) is 16.0 Å². The molecular weight excluding hydrogens is 160 g/mol. The molecule has 0 radical (unpaired) electrons. The van der Waals surface area contributed by atoms with Gasteiger partial charge in [0.1, 0.15) is 5.19 Å². The lowest BCUT2D eigenvalue weighted by atomic mass is 10.4. The summed E-state index contributed by atoms with van der Waals surface area (Å²) in [4.78, 5) is 0. The fraction of sp³-hybridized carbons (Fsp3) is 0.143. The van der Waals surface area contributed by atoms with Crippen LogP contribution >= 0.6 is 12.0 Å². The monoisotopic (exact) mass is 169 g/mol. The van der Waals surface area contributed by atoms with Crippen LogP contribution < -0.4 is 5.19 Å². The average Bonchev–Trinajstić information content (AvgIpc) is 2.03. The maximum absolute atomic E-state index is 5.22. The Morgan fingerprint density at radius 1 is 1.30 bits per heavy atom. The van der Waals surface area contributed by atoms with Crippen LogP contribution in [0.5, 0.6) is 0 Å². The molecule has 0 unspecified atom stereocenters. The highest BCUT2D eigenvalue weighted by Crippen LogP contribution is 1.91. The minimum Gasteiger partial charge on any atom is -0.162 e. The normalized spacial score (nSPS) is 9.30. The van der Waals surface area contributed by atoms with E-state index in [1.54, 1.807) is 0 Å². The second kappa shape index (κ2) is 4.55. The quantitative estimate of drug-likeness (QED) is 0.492. The van der Waals surface area contributed by atoms with Gasteiger partial charge in [0.05, 0.1) is 0 Å². The van der Waals surface area contributed by atoms with Crippen molar-refractivity contribution in [1.29, 1.82) is 0 Å². The Morgan fingerprint density at radius 2 is 2.00 bits per heavy atom. The highest BCUT2D eigenvalue weighted by atomic mass is 32.2. The van der Waals surface area contributed by atoms with Crippen molar-refractivity contribution in [1.82, 2.24) is 0 Å². The van der Waals surface area contributed by atoms with Crippen molar-refractivity contribution in [3.05, 3.63) is 30.3 Å². The van der Waals surface area contributed by atoms with Gasteiger partial charge < -0.3 is 0 Å². The molecular formula is C7H9OSSi+. The minimum absolute atomic E-state index is 0.00949. The van der Waals surface area contributed by atoms with Crippen molar-refractivity contribution in [3.63, 3.8) is 0 Å². The van der Waals surface area contributed by atoms with Crippen molar-refractivity contribution in [2.75, 3.05) is 6.26 Å². The van der Waals surface area contributed by atoms with Crippen LogP contribution in [0, 0.1) is 0 Å². The molecule has 3 heteroatoms. The van der Waals surface area contributed by atoms with Crippen LogP contribution in [0.2, 0.25) is 0 Å². The lowest BCUT2D eigenvalue weighted by molar-refractivity contribution is 0.715. The summed E-state index contributed by atoms with van der Waals surface area (Å²) in [6.45, 7) is 0.